The van der Waals surface area contributed by atoms with Gasteiger partial charge in [-0.3, -0.25) is 0 Å². The van der Waals surface area contributed by atoms with E-state index in [4.69, 9.17) is 23.2 Å². The van der Waals surface area contributed by atoms with Gasteiger partial charge in [-0.15, -0.1) is 11.6 Å². The number of halogens is 2. The highest BCUT2D eigenvalue weighted by Crippen LogP contribution is 2.25. The maximum Gasteiger partial charge on any atom is 0.109 e. The third kappa shape index (κ3) is 2.81. The maximum absolute atomic E-state index is 6.30. The van der Waals surface area contributed by atoms with E-state index in [1.165, 1.54) is 6.42 Å². The first-order valence-electron chi connectivity index (χ1n) is 6.47. The number of imidazole rings is 1. The van der Waals surface area contributed by atoms with Crippen LogP contribution < -0.4 is 0 Å². The summed E-state index contributed by atoms with van der Waals surface area (Å²) in [4.78, 5) is 4.68. The van der Waals surface area contributed by atoms with Gasteiger partial charge in [0, 0.05) is 18.8 Å². The molecule has 1 heterocycles. The summed E-state index contributed by atoms with van der Waals surface area (Å²) in [7, 11) is 0. The van der Waals surface area contributed by atoms with Crippen molar-refractivity contribution in [3.63, 3.8) is 0 Å². The van der Waals surface area contributed by atoms with Crippen molar-refractivity contribution in [2.45, 2.75) is 39.2 Å². The average Bonchev–Trinajstić information content (AvgIpc) is 2.73. The van der Waals surface area contributed by atoms with Crippen molar-refractivity contribution in [3.05, 3.63) is 29.0 Å². The number of aromatic nitrogens is 2. The second kappa shape index (κ2) is 6.44. The lowest BCUT2D eigenvalue weighted by molar-refractivity contribution is 0.612. The van der Waals surface area contributed by atoms with Crippen LogP contribution in [-0.4, -0.2) is 15.4 Å². The largest absolute Gasteiger partial charge is 0.327 e. The summed E-state index contributed by atoms with van der Waals surface area (Å²) < 4.78 is 2.26. The van der Waals surface area contributed by atoms with Gasteiger partial charge in [0.1, 0.15) is 5.82 Å². The van der Waals surface area contributed by atoms with E-state index >= 15 is 0 Å². The van der Waals surface area contributed by atoms with E-state index in [1.807, 2.05) is 18.2 Å². The Morgan fingerprint density at radius 2 is 2.11 bits per heavy atom. The fourth-order valence-corrected chi connectivity index (χ4v) is 2.57. The number of rotatable bonds is 6. The van der Waals surface area contributed by atoms with Gasteiger partial charge in [0.2, 0.25) is 0 Å². The molecule has 0 bridgehead atoms. The van der Waals surface area contributed by atoms with E-state index in [1.54, 1.807) is 0 Å². The highest BCUT2D eigenvalue weighted by atomic mass is 35.5. The lowest BCUT2D eigenvalue weighted by atomic mass is 10.3. The van der Waals surface area contributed by atoms with E-state index in [-0.39, 0.29) is 0 Å². The number of hydrogen-bond donors (Lipinski definition) is 0. The first-order valence-corrected chi connectivity index (χ1v) is 7.38. The highest BCUT2D eigenvalue weighted by Gasteiger charge is 2.12. The molecule has 1 aromatic heterocycles. The van der Waals surface area contributed by atoms with Gasteiger partial charge < -0.3 is 4.57 Å². The van der Waals surface area contributed by atoms with Crippen LogP contribution in [0.5, 0.6) is 0 Å². The van der Waals surface area contributed by atoms with Crippen LogP contribution in [0.4, 0.5) is 0 Å². The smallest absolute Gasteiger partial charge is 0.109 e. The molecule has 98 valence electrons. The molecule has 0 spiro atoms. The number of hydrogen-bond acceptors (Lipinski definition) is 1. The van der Waals surface area contributed by atoms with Crippen LogP contribution in [0.1, 0.15) is 32.0 Å². The van der Waals surface area contributed by atoms with Gasteiger partial charge in [-0.25, -0.2) is 4.98 Å². The zero-order valence-electron chi connectivity index (χ0n) is 10.6. The van der Waals surface area contributed by atoms with Crippen molar-refractivity contribution in [1.29, 1.82) is 0 Å². The molecular weight excluding hydrogens is 267 g/mol. The van der Waals surface area contributed by atoms with E-state index in [0.29, 0.717) is 5.88 Å². The highest BCUT2D eigenvalue weighted by molar-refractivity contribution is 6.35. The van der Waals surface area contributed by atoms with Crippen LogP contribution >= 0.6 is 23.2 Å². The predicted octanol–water partition coefficient (Wildman–Crippen LogP) is 4.66. The molecule has 0 radical (unpaired) electrons. The normalized spacial score (nSPS) is 11.3. The Balaban J connectivity index is 2.44. The SMILES string of the molecule is CCCCn1c(CCCCl)nc2cccc(Cl)c21. The topological polar surface area (TPSA) is 17.8 Å². The minimum absolute atomic E-state index is 0.671. The molecule has 0 aliphatic rings. The minimum atomic E-state index is 0.671. The molecule has 0 saturated heterocycles. The fourth-order valence-electron chi connectivity index (χ4n) is 2.16. The van der Waals surface area contributed by atoms with Crippen LogP contribution in [0, 0.1) is 0 Å². The first kappa shape index (κ1) is 13.7. The molecule has 18 heavy (non-hydrogen) atoms. The quantitative estimate of drug-likeness (QED) is 0.706. The van der Waals surface area contributed by atoms with Crippen molar-refractivity contribution in [2.75, 3.05) is 5.88 Å². The molecule has 1 aromatic carbocycles. The summed E-state index contributed by atoms with van der Waals surface area (Å²) in [5.41, 5.74) is 2.06. The van der Waals surface area contributed by atoms with Crippen LogP contribution in [0.3, 0.4) is 0 Å². The van der Waals surface area contributed by atoms with Crippen LogP contribution in [0.15, 0.2) is 18.2 Å². The summed E-state index contributed by atoms with van der Waals surface area (Å²) in [5.74, 6) is 1.78. The molecule has 0 aliphatic carbocycles. The van der Waals surface area contributed by atoms with Gasteiger partial charge >= 0.3 is 0 Å². The number of fused-ring (bicyclic) bond motifs is 1. The Bertz CT molecular complexity index is 520. The molecule has 2 nitrogen and oxygen atoms in total. The van der Waals surface area contributed by atoms with Gasteiger partial charge in [-0.1, -0.05) is 31.0 Å². The van der Waals surface area contributed by atoms with Gasteiger partial charge in [0.05, 0.1) is 16.1 Å². The standard InChI is InChI=1S/C14H18Cl2N2/c1-2-3-10-18-13(8-5-9-15)17-12-7-4-6-11(16)14(12)18/h4,6-7H,2-3,5,8-10H2,1H3. The summed E-state index contributed by atoms with van der Waals surface area (Å²) in [5, 5.41) is 0.785. The second-order valence-corrected chi connectivity index (χ2v) is 5.22. The Hall–Kier alpha value is -0.730. The number of alkyl halides is 1. The molecule has 0 amide bonds. The van der Waals surface area contributed by atoms with E-state index in [0.717, 1.165) is 47.7 Å². The van der Waals surface area contributed by atoms with Gasteiger partial charge in [-0.2, -0.15) is 0 Å². The van der Waals surface area contributed by atoms with Crippen molar-refractivity contribution in [2.24, 2.45) is 0 Å². The summed E-state index contributed by atoms with van der Waals surface area (Å²) in [6, 6.07) is 5.90. The molecule has 0 N–H and O–H groups in total. The van der Waals surface area contributed by atoms with E-state index < -0.39 is 0 Å². The van der Waals surface area contributed by atoms with Crippen molar-refractivity contribution in [3.8, 4) is 0 Å². The van der Waals surface area contributed by atoms with Crippen LogP contribution in [0.25, 0.3) is 11.0 Å². The molecule has 0 fully saturated rings. The molecular formula is C14H18Cl2N2. The van der Waals surface area contributed by atoms with E-state index in [2.05, 4.69) is 16.5 Å². The van der Waals surface area contributed by atoms with Crippen molar-refractivity contribution in [1.82, 2.24) is 9.55 Å². The van der Waals surface area contributed by atoms with Crippen molar-refractivity contribution < 1.29 is 0 Å². The average molecular weight is 285 g/mol. The lowest BCUT2D eigenvalue weighted by Crippen LogP contribution is -2.04. The molecule has 4 heteroatoms. The second-order valence-electron chi connectivity index (χ2n) is 4.43. The number of benzene rings is 1. The molecule has 0 saturated carbocycles. The fraction of sp³-hybridized carbons (Fsp3) is 0.500. The third-order valence-electron chi connectivity index (χ3n) is 3.07. The van der Waals surface area contributed by atoms with Gasteiger partial charge in [-0.05, 0) is 25.0 Å². The minimum Gasteiger partial charge on any atom is -0.327 e. The van der Waals surface area contributed by atoms with Gasteiger partial charge in [0.25, 0.3) is 0 Å². The molecule has 2 aromatic rings. The summed E-state index contributed by atoms with van der Waals surface area (Å²) in [6.07, 6.45) is 4.18. The van der Waals surface area contributed by atoms with Crippen molar-refractivity contribution >= 4 is 34.2 Å². The van der Waals surface area contributed by atoms with E-state index in [9.17, 15) is 0 Å². The molecule has 0 unspecified atom stereocenters. The monoisotopic (exact) mass is 284 g/mol. The number of unbranched alkanes of at least 4 members (excludes halogenated alkanes) is 1. The molecule has 0 atom stereocenters. The Kier molecular flexibility index (Phi) is 4.90. The first-order chi connectivity index (χ1) is 8.77. The van der Waals surface area contributed by atoms with Crippen LogP contribution in [0.2, 0.25) is 5.02 Å². The predicted molar refractivity (Wildman–Crippen MR) is 78.7 cm³/mol. The van der Waals surface area contributed by atoms with Gasteiger partial charge in [0.15, 0.2) is 0 Å². The number of aryl methyl sites for hydroxylation is 2. The lowest BCUT2D eigenvalue weighted by Gasteiger charge is -2.08. The third-order valence-corrected chi connectivity index (χ3v) is 3.64. The molecule has 0 aliphatic heterocycles. The summed E-state index contributed by atoms with van der Waals surface area (Å²) in [6.45, 7) is 3.17. The number of para-hydroxylation sites is 1. The zero-order chi connectivity index (χ0) is 13.0. The molecule has 2 rings (SSSR count). The zero-order valence-corrected chi connectivity index (χ0v) is 12.1. The summed E-state index contributed by atoms with van der Waals surface area (Å²) >= 11 is 12.1. The Morgan fingerprint density at radius 1 is 1.28 bits per heavy atom. The Labute approximate surface area is 118 Å². The van der Waals surface area contributed by atoms with Crippen LogP contribution in [-0.2, 0) is 13.0 Å². The Morgan fingerprint density at radius 3 is 2.83 bits per heavy atom. The maximum atomic E-state index is 6.30. The number of nitrogens with zero attached hydrogens (tertiary/aromatic N) is 2.